The Morgan fingerprint density at radius 3 is 1.19 bits per heavy atom. The van der Waals surface area contributed by atoms with Crippen LogP contribution in [0, 0.1) is 5.92 Å². The Labute approximate surface area is 166 Å². The molecule has 0 rings (SSSR count). The van der Waals surface area contributed by atoms with Crippen LogP contribution in [0.4, 0.5) is 0 Å². The largest absolute Gasteiger partial charge is 0.300 e. The average molecular weight is 367 g/mol. The van der Waals surface area contributed by atoms with Gasteiger partial charge in [-0.3, -0.25) is 0 Å². The molecule has 1 atom stereocenters. The molecule has 1 nitrogen and oxygen atoms in total. The maximum absolute atomic E-state index is 10.8. The summed E-state index contributed by atoms with van der Waals surface area (Å²) in [6, 6.07) is 0. The van der Waals surface area contributed by atoms with Crippen molar-refractivity contribution in [2.24, 2.45) is 5.92 Å². The van der Waals surface area contributed by atoms with Crippen molar-refractivity contribution in [3.05, 3.63) is 0 Å². The molecule has 0 aliphatic carbocycles. The molecule has 0 saturated carbocycles. The van der Waals surface area contributed by atoms with Gasteiger partial charge < -0.3 is 4.79 Å². The first kappa shape index (κ1) is 25.7. The molecule has 0 aromatic carbocycles. The summed E-state index contributed by atoms with van der Waals surface area (Å²) in [5.41, 5.74) is 0. The predicted molar refractivity (Wildman–Crippen MR) is 118 cm³/mol. The van der Waals surface area contributed by atoms with Gasteiger partial charge in [-0.15, -0.1) is 0 Å². The van der Waals surface area contributed by atoms with E-state index in [4.69, 9.17) is 0 Å². The normalized spacial score (nSPS) is 12.4. The Hall–Kier alpha value is -0.330. The second-order valence-corrected chi connectivity index (χ2v) is 8.76. The summed E-state index contributed by atoms with van der Waals surface area (Å²) in [6.07, 6.45) is 27.5. The van der Waals surface area contributed by atoms with Crippen molar-refractivity contribution in [2.75, 3.05) is 0 Å². The second-order valence-electron chi connectivity index (χ2n) is 8.76. The van der Waals surface area contributed by atoms with Gasteiger partial charge in [-0.05, 0) is 19.3 Å². The second kappa shape index (κ2) is 21.0. The van der Waals surface area contributed by atoms with E-state index < -0.39 is 0 Å². The van der Waals surface area contributed by atoms with Crippen molar-refractivity contribution in [3.63, 3.8) is 0 Å². The van der Waals surface area contributed by atoms with Gasteiger partial charge in [-0.2, -0.15) is 0 Å². The molecule has 1 unspecified atom stereocenters. The molecule has 0 aromatic rings. The lowest BCUT2D eigenvalue weighted by molar-refractivity contribution is -0.117. The maximum Gasteiger partial charge on any atom is 0.129 e. The van der Waals surface area contributed by atoms with E-state index in [0.717, 1.165) is 18.8 Å². The van der Waals surface area contributed by atoms with E-state index in [1.54, 1.807) is 6.92 Å². The van der Waals surface area contributed by atoms with Crippen LogP contribution in [0.5, 0.6) is 0 Å². The highest BCUT2D eigenvalue weighted by atomic mass is 16.1. The van der Waals surface area contributed by atoms with Crippen LogP contribution < -0.4 is 0 Å². The van der Waals surface area contributed by atoms with Gasteiger partial charge in [0, 0.05) is 6.42 Å². The minimum absolute atomic E-state index is 0.349. The molecule has 0 radical (unpaired) electrons. The van der Waals surface area contributed by atoms with E-state index in [0.29, 0.717) is 5.78 Å². The minimum Gasteiger partial charge on any atom is -0.300 e. The first-order valence-electron chi connectivity index (χ1n) is 12.2. The Bertz CT molecular complexity index is 284. The average Bonchev–Trinajstić information content (AvgIpc) is 2.63. The molecule has 0 saturated heterocycles. The number of ketones is 1. The smallest absolute Gasteiger partial charge is 0.129 e. The zero-order chi connectivity index (χ0) is 19.3. The number of carbonyl (C=O) groups excluding carboxylic acids is 1. The molecule has 0 aliphatic heterocycles. The van der Waals surface area contributed by atoms with Crippen molar-refractivity contribution in [2.45, 2.75) is 149 Å². The Morgan fingerprint density at radius 2 is 0.885 bits per heavy atom. The van der Waals surface area contributed by atoms with Gasteiger partial charge in [-0.1, -0.05) is 129 Å². The number of unbranched alkanes of at least 4 members (excludes halogenated alkanes) is 16. The van der Waals surface area contributed by atoms with Crippen LogP contribution in [0.2, 0.25) is 0 Å². The standard InChI is InChI=1S/C25H50O/c1-4-24(2)22-20-18-16-14-12-10-8-6-5-7-9-11-13-15-17-19-21-23-25(3)26/h24H,4-23H2,1-3H3. The zero-order valence-electron chi connectivity index (χ0n) is 18.6. The van der Waals surface area contributed by atoms with E-state index in [-0.39, 0.29) is 0 Å². The molecule has 0 heterocycles. The monoisotopic (exact) mass is 366 g/mol. The number of hydrogen-bond acceptors (Lipinski definition) is 1. The molecule has 0 bridgehead atoms. The quantitative estimate of drug-likeness (QED) is 0.185. The fourth-order valence-corrected chi connectivity index (χ4v) is 3.72. The lowest BCUT2D eigenvalue weighted by atomic mass is 9.99. The van der Waals surface area contributed by atoms with Crippen molar-refractivity contribution in [1.29, 1.82) is 0 Å². The molecule has 0 fully saturated rings. The van der Waals surface area contributed by atoms with Crippen molar-refractivity contribution < 1.29 is 4.79 Å². The summed E-state index contributed by atoms with van der Waals surface area (Å²) < 4.78 is 0. The Kier molecular flexibility index (Phi) is 20.7. The molecule has 0 aliphatic rings. The summed E-state index contributed by atoms with van der Waals surface area (Å²) in [5.74, 6) is 1.29. The first-order chi connectivity index (χ1) is 12.7. The van der Waals surface area contributed by atoms with Crippen LogP contribution >= 0.6 is 0 Å². The first-order valence-corrected chi connectivity index (χ1v) is 12.2. The lowest BCUT2D eigenvalue weighted by Crippen LogP contribution is -1.91. The summed E-state index contributed by atoms with van der Waals surface area (Å²) in [4.78, 5) is 10.8. The van der Waals surface area contributed by atoms with Crippen LogP contribution in [0.1, 0.15) is 149 Å². The number of rotatable bonds is 21. The third-order valence-electron chi connectivity index (χ3n) is 5.92. The van der Waals surface area contributed by atoms with Gasteiger partial charge in [-0.25, -0.2) is 0 Å². The number of hydrogen-bond donors (Lipinski definition) is 0. The van der Waals surface area contributed by atoms with E-state index in [9.17, 15) is 4.79 Å². The molecule has 1 heteroatoms. The van der Waals surface area contributed by atoms with Gasteiger partial charge in [0.2, 0.25) is 0 Å². The third kappa shape index (κ3) is 21.7. The van der Waals surface area contributed by atoms with Crippen molar-refractivity contribution in [1.82, 2.24) is 0 Å². The van der Waals surface area contributed by atoms with Gasteiger partial charge in [0.05, 0.1) is 0 Å². The van der Waals surface area contributed by atoms with Crippen LogP contribution in [0.3, 0.4) is 0 Å². The lowest BCUT2D eigenvalue weighted by Gasteiger charge is -2.07. The van der Waals surface area contributed by atoms with Gasteiger partial charge in [0.1, 0.15) is 5.78 Å². The van der Waals surface area contributed by atoms with Gasteiger partial charge in [0.25, 0.3) is 0 Å². The minimum atomic E-state index is 0.349. The molecule has 0 spiro atoms. The fourth-order valence-electron chi connectivity index (χ4n) is 3.72. The van der Waals surface area contributed by atoms with E-state index >= 15 is 0 Å². The molecule has 0 aromatic heterocycles. The summed E-state index contributed by atoms with van der Waals surface area (Å²) >= 11 is 0. The molecule has 0 amide bonds. The van der Waals surface area contributed by atoms with Crippen molar-refractivity contribution in [3.8, 4) is 0 Å². The molecule has 26 heavy (non-hydrogen) atoms. The molecule has 156 valence electrons. The van der Waals surface area contributed by atoms with Crippen LogP contribution in [0.15, 0.2) is 0 Å². The van der Waals surface area contributed by atoms with Crippen LogP contribution in [0.25, 0.3) is 0 Å². The van der Waals surface area contributed by atoms with E-state index in [1.165, 1.54) is 116 Å². The van der Waals surface area contributed by atoms with Gasteiger partial charge >= 0.3 is 0 Å². The Morgan fingerprint density at radius 1 is 0.577 bits per heavy atom. The highest BCUT2D eigenvalue weighted by molar-refractivity contribution is 5.75. The molecule has 0 N–H and O–H groups in total. The van der Waals surface area contributed by atoms with E-state index in [2.05, 4.69) is 13.8 Å². The topological polar surface area (TPSA) is 17.1 Å². The summed E-state index contributed by atoms with van der Waals surface area (Å²) in [6.45, 7) is 6.40. The van der Waals surface area contributed by atoms with Crippen molar-refractivity contribution >= 4 is 5.78 Å². The van der Waals surface area contributed by atoms with Gasteiger partial charge in [0.15, 0.2) is 0 Å². The third-order valence-corrected chi connectivity index (χ3v) is 5.92. The number of Topliss-reactive ketones (excluding diaryl/α,β-unsaturated/α-hetero) is 1. The molecular weight excluding hydrogens is 316 g/mol. The zero-order valence-corrected chi connectivity index (χ0v) is 18.6. The van der Waals surface area contributed by atoms with Crippen LogP contribution in [-0.2, 0) is 4.79 Å². The highest BCUT2D eigenvalue weighted by Gasteiger charge is 1.98. The Balaban J connectivity index is 3.02. The maximum atomic E-state index is 10.8. The summed E-state index contributed by atoms with van der Waals surface area (Å²) in [5, 5.41) is 0. The number of carbonyl (C=O) groups is 1. The molecular formula is C25H50O. The highest BCUT2D eigenvalue weighted by Crippen LogP contribution is 2.16. The van der Waals surface area contributed by atoms with E-state index in [1.807, 2.05) is 0 Å². The summed E-state index contributed by atoms with van der Waals surface area (Å²) in [7, 11) is 0. The van der Waals surface area contributed by atoms with Crippen LogP contribution in [-0.4, -0.2) is 5.78 Å². The fraction of sp³-hybridized carbons (Fsp3) is 0.960. The SMILES string of the molecule is CCC(C)CCCCCCCCCCCCCCCCCCCC(C)=O. The predicted octanol–water partition coefficient (Wildman–Crippen LogP) is 9.03.